The van der Waals surface area contributed by atoms with Gasteiger partial charge in [0.15, 0.2) is 0 Å². The second kappa shape index (κ2) is 8.66. The van der Waals surface area contributed by atoms with Crippen LogP contribution in [0, 0.1) is 5.92 Å². The van der Waals surface area contributed by atoms with Crippen LogP contribution in [0.3, 0.4) is 0 Å². The fourth-order valence-corrected chi connectivity index (χ4v) is 3.78. The van der Waals surface area contributed by atoms with Crippen molar-refractivity contribution in [3.05, 3.63) is 22.5 Å². The predicted molar refractivity (Wildman–Crippen MR) is 100 cm³/mol. The molecule has 2 aliphatic heterocycles. The molecule has 1 unspecified atom stereocenters. The second-order valence-corrected chi connectivity index (χ2v) is 7.54. The average molecular weight is 362 g/mol. The zero-order chi connectivity index (χ0) is 18.5. The van der Waals surface area contributed by atoms with Gasteiger partial charge in [-0.3, -0.25) is 9.59 Å². The molecule has 2 saturated heterocycles. The lowest BCUT2D eigenvalue weighted by Gasteiger charge is -2.37. The lowest BCUT2D eigenvalue weighted by Crippen LogP contribution is -2.49. The van der Waals surface area contributed by atoms with E-state index in [-0.39, 0.29) is 29.5 Å². The molecule has 0 spiro atoms. The molecular weight excluding hydrogens is 332 g/mol. The topological polar surface area (TPSA) is 76.5 Å². The van der Waals surface area contributed by atoms with E-state index in [2.05, 4.69) is 15.3 Å². The second-order valence-electron chi connectivity index (χ2n) is 7.54. The van der Waals surface area contributed by atoms with Crippen LogP contribution < -0.4 is 15.8 Å². The summed E-state index contributed by atoms with van der Waals surface area (Å²) in [6.45, 7) is 6.79. The minimum Gasteiger partial charge on any atom is -0.381 e. The molecule has 3 rings (SSSR count). The van der Waals surface area contributed by atoms with Crippen LogP contribution in [0.15, 0.2) is 16.9 Å². The molecule has 2 fully saturated rings. The molecule has 1 aromatic heterocycles. The highest BCUT2D eigenvalue weighted by atomic mass is 16.5. The van der Waals surface area contributed by atoms with Gasteiger partial charge in [0, 0.05) is 44.3 Å². The molecule has 1 aromatic rings. The first-order valence-corrected chi connectivity index (χ1v) is 9.78. The predicted octanol–water partition coefficient (Wildman–Crippen LogP) is 1.73. The van der Waals surface area contributed by atoms with Gasteiger partial charge >= 0.3 is 0 Å². The number of nitrogens with one attached hydrogen (secondary N) is 1. The van der Waals surface area contributed by atoms with E-state index in [1.807, 2.05) is 13.8 Å². The summed E-state index contributed by atoms with van der Waals surface area (Å²) >= 11 is 0. The van der Waals surface area contributed by atoms with Gasteiger partial charge in [-0.2, -0.15) is 5.10 Å². The zero-order valence-corrected chi connectivity index (χ0v) is 15.8. The Bertz CT molecular complexity index is 667. The van der Waals surface area contributed by atoms with Gasteiger partial charge in [-0.15, -0.1) is 0 Å². The van der Waals surface area contributed by atoms with Crippen molar-refractivity contribution in [3.63, 3.8) is 0 Å². The Kier molecular flexibility index (Phi) is 6.29. The van der Waals surface area contributed by atoms with Crippen LogP contribution in [0.1, 0.15) is 52.0 Å². The van der Waals surface area contributed by atoms with Crippen molar-refractivity contribution >= 4 is 11.7 Å². The van der Waals surface area contributed by atoms with Gasteiger partial charge in [-0.1, -0.05) is 0 Å². The molecule has 1 N–H and O–H groups in total. The zero-order valence-electron chi connectivity index (χ0n) is 15.8. The molecule has 3 heterocycles. The molecule has 1 atom stereocenters. The van der Waals surface area contributed by atoms with Crippen molar-refractivity contribution in [2.45, 2.75) is 58.0 Å². The summed E-state index contributed by atoms with van der Waals surface area (Å²) in [5, 5.41) is 7.70. The number of carbonyl (C=O) groups is 1. The number of ether oxygens (including phenoxy) is 1. The minimum atomic E-state index is -0.0786. The first-order valence-electron chi connectivity index (χ1n) is 9.78. The summed E-state index contributed by atoms with van der Waals surface area (Å²) in [6.07, 6.45) is 4.89. The third-order valence-corrected chi connectivity index (χ3v) is 5.33. The summed E-state index contributed by atoms with van der Waals surface area (Å²) in [5.41, 5.74) is -0.0786. The summed E-state index contributed by atoms with van der Waals surface area (Å²) in [4.78, 5) is 26.6. The number of anilines is 1. The maximum absolute atomic E-state index is 12.4. The normalized spacial score (nSPS) is 21.8. The number of rotatable bonds is 5. The lowest BCUT2D eigenvalue weighted by molar-refractivity contribution is -0.127. The summed E-state index contributed by atoms with van der Waals surface area (Å²) in [6, 6.07) is 3.64. The smallest absolute Gasteiger partial charge is 0.267 e. The number of amides is 1. The third-order valence-electron chi connectivity index (χ3n) is 5.33. The monoisotopic (exact) mass is 362 g/mol. The SMILES string of the molecule is CC(C)n1nc(N2CCCCC2CNC(=O)C2CCOCC2)ccc1=O. The number of nitrogens with zero attached hydrogens (tertiary/aromatic N) is 3. The van der Waals surface area contributed by atoms with Crippen molar-refractivity contribution in [2.75, 3.05) is 31.2 Å². The van der Waals surface area contributed by atoms with E-state index in [1.54, 1.807) is 12.1 Å². The Morgan fingerprint density at radius 1 is 1.27 bits per heavy atom. The van der Waals surface area contributed by atoms with Crippen LogP contribution in [-0.4, -0.2) is 48.0 Å². The van der Waals surface area contributed by atoms with Gasteiger partial charge in [-0.05, 0) is 52.0 Å². The van der Waals surface area contributed by atoms with E-state index >= 15 is 0 Å². The maximum atomic E-state index is 12.4. The molecule has 7 nitrogen and oxygen atoms in total. The Balaban J connectivity index is 1.67. The average Bonchev–Trinajstić information content (AvgIpc) is 2.67. The maximum Gasteiger partial charge on any atom is 0.267 e. The highest BCUT2D eigenvalue weighted by molar-refractivity contribution is 5.78. The van der Waals surface area contributed by atoms with Gasteiger partial charge in [-0.25, -0.2) is 4.68 Å². The fraction of sp³-hybridized carbons (Fsp3) is 0.737. The van der Waals surface area contributed by atoms with Gasteiger partial charge in [0.2, 0.25) is 5.91 Å². The van der Waals surface area contributed by atoms with Crippen LogP contribution in [0.5, 0.6) is 0 Å². The largest absolute Gasteiger partial charge is 0.381 e. The molecule has 7 heteroatoms. The van der Waals surface area contributed by atoms with Gasteiger partial charge in [0.05, 0.1) is 6.04 Å². The molecule has 144 valence electrons. The molecule has 26 heavy (non-hydrogen) atoms. The standard InChI is InChI=1S/C19H30N4O3/c1-14(2)23-18(24)7-6-17(21-23)22-10-4-3-5-16(22)13-20-19(25)15-8-11-26-12-9-15/h6-7,14-16H,3-5,8-13H2,1-2H3,(H,20,25). The van der Waals surface area contributed by atoms with E-state index in [1.165, 1.54) is 4.68 Å². The molecule has 0 saturated carbocycles. The van der Waals surface area contributed by atoms with E-state index < -0.39 is 0 Å². The van der Waals surface area contributed by atoms with Crippen LogP contribution >= 0.6 is 0 Å². The summed E-state index contributed by atoms with van der Waals surface area (Å²) < 4.78 is 6.86. The van der Waals surface area contributed by atoms with Crippen molar-refractivity contribution in [1.29, 1.82) is 0 Å². The number of aromatic nitrogens is 2. The Labute approximate surface area is 154 Å². The Hall–Kier alpha value is -1.89. The fourth-order valence-electron chi connectivity index (χ4n) is 3.78. The first kappa shape index (κ1) is 18.9. The molecular formula is C19H30N4O3. The molecule has 0 aliphatic carbocycles. The minimum absolute atomic E-state index is 0.0268. The molecule has 2 aliphatic rings. The van der Waals surface area contributed by atoms with Gasteiger partial charge in [0.1, 0.15) is 5.82 Å². The van der Waals surface area contributed by atoms with E-state index in [0.717, 1.165) is 44.5 Å². The Morgan fingerprint density at radius 2 is 2.04 bits per heavy atom. The summed E-state index contributed by atoms with van der Waals surface area (Å²) in [7, 11) is 0. The van der Waals surface area contributed by atoms with E-state index in [0.29, 0.717) is 19.8 Å². The van der Waals surface area contributed by atoms with Crippen molar-refractivity contribution in [1.82, 2.24) is 15.1 Å². The highest BCUT2D eigenvalue weighted by Gasteiger charge is 2.27. The van der Waals surface area contributed by atoms with Gasteiger partial charge in [0.25, 0.3) is 5.56 Å². The van der Waals surface area contributed by atoms with E-state index in [4.69, 9.17) is 4.74 Å². The van der Waals surface area contributed by atoms with E-state index in [9.17, 15) is 9.59 Å². The quantitative estimate of drug-likeness (QED) is 0.863. The third kappa shape index (κ3) is 4.44. The first-order chi connectivity index (χ1) is 12.6. The molecule has 0 aromatic carbocycles. The Morgan fingerprint density at radius 3 is 2.77 bits per heavy atom. The number of piperidine rings is 1. The van der Waals surface area contributed by atoms with Crippen LogP contribution in [0.2, 0.25) is 0 Å². The highest BCUT2D eigenvalue weighted by Crippen LogP contribution is 2.23. The lowest BCUT2D eigenvalue weighted by atomic mass is 9.98. The van der Waals surface area contributed by atoms with Crippen LogP contribution in [-0.2, 0) is 9.53 Å². The van der Waals surface area contributed by atoms with Crippen LogP contribution in [0.25, 0.3) is 0 Å². The van der Waals surface area contributed by atoms with Crippen LogP contribution in [0.4, 0.5) is 5.82 Å². The van der Waals surface area contributed by atoms with Crippen molar-refractivity contribution < 1.29 is 9.53 Å². The number of carbonyl (C=O) groups excluding carboxylic acids is 1. The summed E-state index contributed by atoms with van der Waals surface area (Å²) in [5.74, 6) is 1.03. The number of hydrogen-bond donors (Lipinski definition) is 1. The van der Waals surface area contributed by atoms with Gasteiger partial charge < -0.3 is 15.0 Å². The van der Waals surface area contributed by atoms with Crippen molar-refractivity contribution in [2.24, 2.45) is 5.92 Å². The molecule has 0 bridgehead atoms. The molecule has 1 amide bonds. The van der Waals surface area contributed by atoms with Crippen molar-refractivity contribution in [3.8, 4) is 0 Å². The number of hydrogen-bond acceptors (Lipinski definition) is 5. The molecule has 0 radical (unpaired) electrons.